The first-order chi connectivity index (χ1) is 9.94. The fourth-order valence-electron chi connectivity index (χ4n) is 1.67. The molecule has 1 aromatic heterocycles. The maximum atomic E-state index is 11.9. The zero-order valence-corrected chi connectivity index (χ0v) is 12.7. The summed E-state index contributed by atoms with van der Waals surface area (Å²) in [7, 11) is -3.50. The number of aliphatic carboxylic acids is 1. The van der Waals surface area contributed by atoms with E-state index in [1.165, 1.54) is 5.38 Å². The normalized spacial score (nSPS) is 11.2. The van der Waals surface area contributed by atoms with Crippen molar-refractivity contribution in [3.8, 4) is 0 Å². The van der Waals surface area contributed by atoms with Gasteiger partial charge in [0.1, 0.15) is 0 Å². The van der Waals surface area contributed by atoms with Crippen LogP contribution in [-0.4, -0.2) is 30.2 Å². The summed E-state index contributed by atoms with van der Waals surface area (Å²) in [5.41, 5.74) is 1.28. The van der Waals surface area contributed by atoms with Gasteiger partial charge in [0.15, 0.2) is 5.13 Å². The first kappa shape index (κ1) is 15.5. The van der Waals surface area contributed by atoms with Crippen molar-refractivity contribution in [2.45, 2.75) is 12.8 Å². The summed E-state index contributed by atoms with van der Waals surface area (Å²) in [5.74, 6) is -1.05. The molecule has 2 aromatic rings. The number of carbonyl (C=O) groups is 1. The van der Waals surface area contributed by atoms with Gasteiger partial charge in [-0.05, 0) is 12.0 Å². The van der Waals surface area contributed by atoms with Gasteiger partial charge in [-0.2, -0.15) is 0 Å². The van der Waals surface area contributed by atoms with E-state index < -0.39 is 16.0 Å². The molecule has 112 valence electrons. The molecule has 0 aliphatic carbocycles. The number of aromatic nitrogens is 1. The Morgan fingerprint density at radius 3 is 2.67 bits per heavy atom. The third kappa shape index (κ3) is 5.16. The number of thiazole rings is 1. The quantitative estimate of drug-likeness (QED) is 0.808. The average Bonchev–Trinajstić information content (AvgIpc) is 2.83. The maximum absolute atomic E-state index is 11.9. The van der Waals surface area contributed by atoms with Crippen LogP contribution in [0.2, 0.25) is 0 Å². The maximum Gasteiger partial charge on any atom is 0.309 e. The van der Waals surface area contributed by atoms with E-state index in [4.69, 9.17) is 5.11 Å². The second-order valence-corrected chi connectivity index (χ2v) is 7.07. The number of hydrogen-bond acceptors (Lipinski definition) is 5. The van der Waals surface area contributed by atoms with Crippen LogP contribution in [-0.2, 0) is 27.7 Å². The molecule has 1 heterocycles. The molecule has 0 aliphatic rings. The Hall–Kier alpha value is -1.93. The predicted molar refractivity (Wildman–Crippen MR) is 81.0 cm³/mol. The Labute approximate surface area is 126 Å². The average molecular weight is 326 g/mol. The van der Waals surface area contributed by atoms with Crippen LogP contribution in [0.1, 0.15) is 11.3 Å². The van der Waals surface area contributed by atoms with Gasteiger partial charge in [-0.25, -0.2) is 13.4 Å². The number of hydrogen-bond donors (Lipinski definition) is 2. The van der Waals surface area contributed by atoms with Gasteiger partial charge < -0.3 is 5.11 Å². The lowest BCUT2D eigenvalue weighted by Gasteiger charge is -2.05. The Balaban J connectivity index is 1.94. The summed E-state index contributed by atoms with van der Waals surface area (Å²) in [4.78, 5) is 14.5. The van der Waals surface area contributed by atoms with Crippen LogP contribution in [0.15, 0.2) is 35.7 Å². The molecular formula is C13H14N2O4S2. The molecule has 0 atom stereocenters. The number of nitrogens with one attached hydrogen (secondary N) is 1. The van der Waals surface area contributed by atoms with E-state index in [-0.39, 0.29) is 17.3 Å². The zero-order valence-electron chi connectivity index (χ0n) is 11.0. The van der Waals surface area contributed by atoms with Gasteiger partial charge in [0.25, 0.3) is 0 Å². The SMILES string of the molecule is O=C(O)Cc1csc(NS(=O)(=O)CCc2ccccc2)n1. The number of anilines is 1. The molecule has 0 aliphatic heterocycles. The number of carboxylic acid groups (broad SMARTS) is 1. The second-order valence-electron chi connectivity index (χ2n) is 4.37. The minimum absolute atomic E-state index is 0.0507. The first-order valence-corrected chi connectivity index (χ1v) is 8.68. The lowest BCUT2D eigenvalue weighted by molar-refractivity contribution is -0.136. The zero-order chi connectivity index (χ0) is 15.3. The summed E-state index contributed by atoms with van der Waals surface area (Å²) in [5, 5.41) is 10.4. The first-order valence-electron chi connectivity index (χ1n) is 6.15. The van der Waals surface area contributed by atoms with Crippen molar-refractivity contribution in [3.63, 3.8) is 0 Å². The second kappa shape index (κ2) is 6.68. The van der Waals surface area contributed by atoms with E-state index in [0.717, 1.165) is 16.9 Å². The van der Waals surface area contributed by atoms with E-state index in [0.29, 0.717) is 12.1 Å². The Bertz CT molecular complexity index is 711. The third-order valence-corrected chi connectivity index (χ3v) is 4.81. The Morgan fingerprint density at radius 1 is 1.29 bits per heavy atom. The number of benzene rings is 1. The van der Waals surface area contributed by atoms with Crippen molar-refractivity contribution >= 4 is 32.5 Å². The Morgan fingerprint density at radius 2 is 2.00 bits per heavy atom. The van der Waals surface area contributed by atoms with Crippen molar-refractivity contribution in [1.82, 2.24) is 4.98 Å². The molecule has 21 heavy (non-hydrogen) atoms. The number of rotatable bonds is 7. The van der Waals surface area contributed by atoms with Crippen LogP contribution >= 0.6 is 11.3 Å². The summed E-state index contributed by atoms with van der Waals surface area (Å²) in [6.45, 7) is 0. The lowest BCUT2D eigenvalue weighted by atomic mass is 10.2. The van der Waals surface area contributed by atoms with Gasteiger partial charge in [0, 0.05) is 5.38 Å². The number of nitrogens with zero attached hydrogens (tertiary/aromatic N) is 1. The summed E-state index contributed by atoms with van der Waals surface area (Å²) in [6, 6.07) is 9.31. The number of sulfonamides is 1. The molecule has 0 radical (unpaired) electrons. The number of aryl methyl sites for hydroxylation is 1. The van der Waals surface area contributed by atoms with E-state index in [1.807, 2.05) is 30.3 Å². The van der Waals surface area contributed by atoms with E-state index >= 15 is 0 Å². The van der Waals surface area contributed by atoms with Gasteiger partial charge in [0.05, 0.1) is 17.9 Å². The van der Waals surface area contributed by atoms with Crippen molar-refractivity contribution in [3.05, 3.63) is 47.0 Å². The minimum Gasteiger partial charge on any atom is -0.481 e. The molecular weight excluding hydrogens is 312 g/mol. The van der Waals surface area contributed by atoms with E-state index in [2.05, 4.69) is 9.71 Å². The molecule has 0 unspecified atom stereocenters. The van der Waals surface area contributed by atoms with Crippen molar-refractivity contribution in [2.75, 3.05) is 10.5 Å². The van der Waals surface area contributed by atoms with Crippen LogP contribution < -0.4 is 4.72 Å². The molecule has 0 saturated heterocycles. The van der Waals surface area contributed by atoms with Crippen molar-refractivity contribution in [1.29, 1.82) is 0 Å². The number of carboxylic acids is 1. The van der Waals surface area contributed by atoms with Gasteiger partial charge >= 0.3 is 5.97 Å². The van der Waals surface area contributed by atoms with Crippen LogP contribution in [0.4, 0.5) is 5.13 Å². The summed E-state index contributed by atoms with van der Waals surface area (Å²) in [6.07, 6.45) is 0.186. The van der Waals surface area contributed by atoms with E-state index in [9.17, 15) is 13.2 Å². The minimum atomic E-state index is -3.50. The highest BCUT2D eigenvalue weighted by molar-refractivity contribution is 7.92. The molecule has 0 saturated carbocycles. The highest BCUT2D eigenvalue weighted by Gasteiger charge is 2.14. The van der Waals surface area contributed by atoms with Crippen LogP contribution in [0.25, 0.3) is 0 Å². The fourth-order valence-corrected chi connectivity index (χ4v) is 3.72. The highest BCUT2D eigenvalue weighted by Crippen LogP contribution is 2.17. The molecule has 1 aromatic carbocycles. The molecule has 0 bridgehead atoms. The largest absolute Gasteiger partial charge is 0.481 e. The van der Waals surface area contributed by atoms with Crippen molar-refractivity contribution < 1.29 is 18.3 Å². The highest BCUT2D eigenvalue weighted by atomic mass is 32.2. The van der Waals surface area contributed by atoms with Crippen molar-refractivity contribution in [2.24, 2.45) is 0 Å². The van der Waals surface area contributed by atoms with E-state index in [1.54, 1.807) is 0 Å². The molecule has 8 heteroatoms. The summed E-state index contributed by atoms with van der Waals surface area (Å²) < 4.78 is 26.3. The Kier molecular flexibility index (Phi) is 4.92. The predicted octanol–water partition coefficient (Wildman–Crippen LogP) is 1.75. The van der Waals surface area contributed by atoms with Gasteiger partial charge in [-0.1, -0.05) is 30.3 Å². The van der Waals surface area contributed by atoms with Gasteiger partial charge in [-0.15, -0.1) is 11.3 Å². The topological polar surface area (TPSA) is 96.4 Å². The van der Waals surface area contributed by atoms with Crippen LogP contribution in [0.3, 0.4) is 0 Å². The lowest BCUT2D eigenvalue weighted by Crippen LogP contribution is -2.18. The smallest absolute Gasteiger partial charge is 0.309 e. The molecule has 2 N–H and O–H groups in total. The molecule has 0 spiro atoms. The van der Waals surface area contributed by atoms with Crippen LogP contribution in [0.5, 0.6) is 0 Å². The molecule has 0 amide bonds. The standard InChI is InChI=1S/C13H14N2O4S2/c16-12(17)8-11-9-20-13(14-11)15-21(18,19)7-6-10-4-2-1-3-5-10/h1-5,9H,6-8H2,(H,14,15)(H,16,17). The van der Waals surface area contributed by atoms with Gasteiger partial charge in [-0.3, -0.25) is 9.52 Å². The van der Waals surface area contributed by atoms with Crippen LogP contribution in [0, 0.1) is 0 Å². The summed E-state index contributed by atoms with van der Waals surface area (Å²) >= 11 is 1.08. The third-order valence-electron chi connectivity index (χ3n) is 2.63. The fraction of sp³-hybridized carbons (Fsp3) is 0.231. The monoisotopic (exact) mass is 326 g/mol. The molecule has 0 fully saturated rings. The molecule has 6 nitrogen and oxygen atoms in total. The molecule has 2 rings (SSSR count). The van der Waals surface area contributed by atoms with Gasteiger partial charge in [0.2, 0.25) is 10.0 Å².